The van der Waals surface area contributed by atoms with Gasteiger partial charge in [0.1, 0.15) is 0 Å². The fraction of sp³-hybridized carbons (Fsp3) is 0.214. The maximum Gasteiger partial charge on any atom is 0.214 e. The number of thiophene rings is 1. The topological polar surface area (TPSA) is 43.6 Å². The van der Waals surface area contributed by atoms with Crippen LogP contribution in [-0.2, 0) is 5.75 Å². The molecule has 3 rings (SSSR count). The Morgan fingerprint density at radius 3 is 2.76 bits per heavy atom. The maximum absolute atomic E-state index is 5.94. The van der Waals surface area contributed by atoms with Crippen LogP contribution in [0.2, 0.25) is 4.34 Å². The Morgan fingerprint density at radius 2 is 2.05 bits per heavy atom. The van der Waals surface area contributed by atoms with E-state index in [1.807, 2.05) is 18.2 Å². The first-order chi connectivity index (χ1) is 10.1. The maximum atomic E-state index is 5.94. The summed E-state index contributed by atoms with van der Waals surface area (Å²) in [6.07, 6.45) is 0. The van der Waals surface area contributed by atoms with Crippen molar-refractivity contribution >= 4 is 34.7 Å². The van der Waals surface area contributed by atoms with Crippen LogP contribution in [0.5, 0.6) is 0 Å². The van der Waals surface area contributed by atoms with Gasteiger partial charge in [-0.3, -0.25) is 0 Å². The van der Waals surface area contributed by atoms with Crippen molar-refractivity contribution in [3.8, 4) is 5.69 Å². The van der Waals surface area contributed by atoms with E-state index in [1.54, 1.807) is 27.8 Å². The van der Waals surface area contributed by atoms with Crippen molar-refractivity contribution < 1.29 is 0 Å². The molecule has 3 aromatic rings. The third-order valence-corrected chi connectivity index (χ3v) is 5.53. The second-order valence-corrected chi connectivity index (χ2v) is 7.38. The van der Waals surface area contributed by atoms with Gasteiger partial charge < -0.3 is 0 Å². The number of halogens is 1. The molecule has 0 aliphatic heterocycles. The summed E-state index contributed by atoms with van der Waals surface area (Å²) < 4.78 is 2.58. The highest BCUT2D eigenvalue weighted by molar-refractivity contribution is 7.98. The van der Waals surface area contributed by atoms with Gasteiger partial charge in [0.15, 0.2) is 0 Å². The molecule has 108 valence electrons. The predicted octanol–water partition coefficient (Wildman–Crippen LogP) is 4.29. The molecule has 0 aliphatic rings. The summed E-state index contributed by atoms with van der Waals surface area (Å²) in [5.41, 5.74) is 3.47. The van der Waals surface area contributed by atoms with Crippen LogP contribution in [-0.4, -0.2) is 20.2 Å². The number of aromatic nitrogens is 4. The van der Waals surface area contributed by atoms with Gasteiger partial charge in [0, 0.05) is 10.6 Å². The first-order valence-corrected chi connectivity index (χ1v) is 8.54. The quantitative estimate of drug-likeness (QED) is 0.667. The van der Waals surface area contributed by atoms with Gasteiger partial charge in [0.25, 0.3) is 0 Å². The molecule has 0 saturated carbocycles. The molecule has 0 spiro atoms. The van der Waals surface area contributed by atoms with Crippen molar-refractivity contribution in [1.29, 1.82) is 0 Å². The number of benzene rings is 1. The van der Waals surface area contributed by atoms with E-state index in [1.165, 1.54) is 16.0 Å². The minimum Gasteiger partial charge on any atom is -0.187 e. The lowest BCUT2D eigenvalue weighted by Crippen LogP contribution is -2.00. The number of nitrogens with zero attached hydrogens (tertiary/aromatic N) is 4. The molecular formula is C14H13ClN4S2. The van der Waals surface area contributed by atoms with Crippen LogP contribution in [0.4, 0.5) is 0 Å². The molecule has 0 saturated heterocycles. The summed E-state index contributed by atoms with van der Waals surface area (Å²) in [6.45, 7) is 4.18. The Balaban J connectivity index is 1.81. The van der Waals surface area contributed by atoms with E-state index in [4.69, 9.17) is 11.6 Å². The molecule has 2 aromatic heterocycles. The summed E-state index contributed by atoms with van der Waals surface area (Å²) in [5.74, 6) is 0.808. The van der Waals surface area contributed by atoms with E-state index in [0.29, 0.717) is 0 Å². The average Bonchev–Trinajstić information content (AvgIpc) is 3.08. The van der Waals surface area contributed by atoms with Crippen LogP contribution in [0.15, 0.2) is 35.5 Å². The molecule has 0 unspecified atom stereocenters. The summed E-state index contributed by atoms with van der Waals surface area (Å²) in [7, 11) is 0. The van der Waals surface area contributed by atoms with Gasteiger partial charge in [-0.1, -0.05) is 29.4 Å². The van der Waals surface area contributed by atoms with Crippen molar-refractivity contribution in [1.82, 2.24) is 20.2 Å². The smallest absolute Gasteiger partial charge is 0.187 e. The number of hydrogen-bond donors (Lipinski definition) is 0. The SMILES string of the molecule is Cc1ccc(-n2nnnc2SCc2ccc(Cl)s2)cc1C. The van der Waals surface area contributed by atoms with Crippen LogP contribution >= 0.6 is 34.7 Å². The number of hydrogen-bond acceptors (Lipinski definition) is 5. The number of aryl methyl sites for hydroxylation is 2. The van der Waals surface area contributed by atoms with Gasteiger partial charge in [0.05, 0.1) is 10.0 Å². The van der Waals surface area contributed by atoms with Gasteiger partial charge >= 0.3 is 0 Å². The largest absolute Gasteiger partial charge is 0.214 e. The monoisotopic (exact) mass is 336 g/mol. The van der Waals surface area contributed by atoms with E-state index < -0.39 is 0 Å². The second kappa shape index (κ2) is 6.17. The summed E-state index contributed by atoms with van der Waals surface area (Å²) in [5, 5.41) is 12.8. The Bertz CT molecular complexity index is 766. The van der Waals surface area contributed by atoms with Gasteiger partial charge in [-0.2, -0.15) is 4.68 Å². The molecule has 0 bridgehead atoms. The lowest BCUT2D eigenvalue weighted by Gasteiger charge is -2.06. The van der Waals surface area contributed by atoms with Gasteiger partial charge in [-0.15, -0.1) is 16.4 Å². The van der Waals surface area contributed by atoms with Crippen LogP contribution in [0.1, 0.15) is 16.0 Å². The molecule has 0 atom stereocenters. The van der Waals surface area contributed by atoms with Crippen LogP contribution in [0.25, 0.3) is 5.69 Å². The Hall–Kier alpha value is -1.37. The van der Waals surface area contributed by atoms with E-state index in [9.17, 15) is 0 Å². The highest BCUT2D eigenvalue weighted by atomic mass is 35.5. The number of tetrazole rings is 1. The Morgan fingerprint density at radius 1 is 1.19 bits per heavy atom. The van der Waals surface area contributed by atoms with E-state index >= 15 is 0 Å². The molecule has 21 heavy (non-hydrogen) atoms. The molecule has 0 amide bonds. The first kappa shape index (κ1) is 14.6. The normalized spacial score (nSPS) is 11.0. The van der Waals surface area contributed by atoms with Gasteiger partial charge in [-0.05, 0) is 59.7 Å². The molecule has 0 fully saturated rings. The molecule has 0 N–H and O–H groups in total. The minimum atomic E-state index is 0.780. The minimum absolute atomic E-state index is 0.780. The highest BCUT2D eigenvalue weighted by Gasteiger charge is 2.10. The van der Waals surface area contributed by atoms with Crippen molar-refractivity contribution in [2.75, 3.05) is 0 Å². The van der Waals surface area contributed by atoms with Crippen molar-refractivity contribution in [2.45, 2.75) is 24.8 Å². The molecular weight excluding hydrogens is 324 g/mol. The van der Waals surface area contributed by atoms with E-state index in [-0.39, 0.29) is 0 Å². The molecule has 2 heterocycles. The van der Waals surface area contributed by atoms with Crippen molar-refractivity contribution in [3.05, 3.63) is 50.7 Å². The summed E-state index contributed by atoms with van der Waals surface area (Å²) >= 11 is 9.13. The first-order valence-electron chi connectivity index (χ1n) is 6.36. The Labute approximate surface area is 136 Å². The molecule has 0 aliphatic carbocycles. The number of rotatable bonds is 4. The van der Waals surface area contributed by atoms with Crippen LogP contribution in [0.3, 0.4) is 0 Å². The summed E-state index contributed by atoms with van der Waals surface area (Å²) in [4.78, 5) is 1.21. The molecule has 7 heteroatoms. The second-order valence-electron chi connectivity index (χ2n) is 4.64. The van der Waals surface area contributed by atoms with Gasteiger partial charge in [0.2, 0.25) is 5.16 Å². The fourth-order valence-electron chi connectivity index (χ4n) is 1.85. The molecule has 4 nitrogen and oxygen atoms in total. The third-order valence-electron chi connectivity index (χ3n) is 3.15. The molecule has 1 aromatic carbocycles. The lowest BCUT2D eigenvalue weighted by atomic mass is 10.1. The van der Waals surface area contributed by atoms with Gasteiger partial charge in [-0.25, -0.2) is 0 Å². The lowest BCUT2D eigenvalue weighted by molar-refractivity contribution is 0.755. The molecule has 0 radical (unpaired) electrons. The Kier molecular flexibility index (Phi) is 4.28. The fourth-order valence-corrected chi connectivity index (χ4v) is 3.87. The highest BCUT2D eigenvalue weighted by Crippen LogP contribution is 2.28. The zero-order valence-electron chi connectivity index (χ0n) is 11.6. The van der Waals surface area contributed by atoms with Crippen molar-refractivity contribution in [2.24, 2.45) is 0 Å². The van der Waals surface area contributed by atoms with E-state index in [0.717, 1.165) is 20.9 Å². The zero-order chi connectivity index (χ0) is 14.8. The zero-order valence-corrected chi connectivity index (χ0v) is 14.0. The third kappa shape index (κ3) is 3.28. The van der Waals surface area contributed by atoms with Crippen LogP contribution in [0, 0.1) is 13.8 Å². The summed E-state index contributed by atoms with van der Waals surface area (Å²) in [6, 6.07) is 10.2. The van der Waals surface area contributed by atoms with Crippen molar-refractivity contribution in [3.63, 3.8) is 0 Å². The number of thioether (sulfide) groups is 1. The predicted molar refractivity (Wildman–Crippen MR) is 87.5 cm³/mol. The van der Waals surface area contributed by atoms with E-state index in [2.05, 4.69) is 41.5 Å². The standard InChI is InChI=1S/C14H13ClN4S2/c1-9-3-4-11(7-10(9)2)19-14(16-17-18-19)20-8-12-5-6-13(15)21-12/h3-7H,8H2,1-2H3. The average molecular weight is 337 g/mol. The van der Waals surface area contributed by atoms with Crippen LogP contribution < -0.4 is 0 Å².